The Balaban J connectivity index is 2.20. The number of halogens is 2. The van der Waals surface area contributed by atoms with Crippen molar-refractivity contribution in [2.24, 2.45) is 0 Å². The van der Waals surface area contributed by atoms with E-state index in [1.165, 1.54) is 0 Å². The SMILES string of the molecule is CCOC(=O)/C(=C(/Nc1ccc(Cl)cc1)c1ccc(Cl)cc1)c1ccccc1. The fourth-order valence-electron chi connectivity index (χ4n) is 2.75. The summed E-state index contributed by atoms with van der Waals surface area (Å²) in [6.07, 6.45) is 0. The van der Waals surface area contributed by atoms with Gasteiger partial charge in [-0.05, 0) is 54.4 Å². The third-order valence-corrected chi connectivity index (χ3v) is 4.54. The summed E-state index contributed by atoms with van der Waals surface area (Å²) in [6.45, 7) is 2.07. The molecular formula is C23H19Cl2NO2. The van der Waals surface area contributed by atoms with E-state index in [9.17, 15) is 4.79 Å². The first kappa shape index (κ1) is 20.0. The molecule has 0 heterocycles. The Morgan fingerprint density at radius 1 is 0.821 bits per heavy atom. The van der Waals surface area contributed by atoms with E-state index in [4.69, 9.17) is 27.9 Å². The lowest BCUT2D eigenvalue weighted by Gasteiger charge is -2.18. The molecule has 28 heavy (non-hydrogen) atoms. The fraction of sp³-hybridized carbons (Fsp3) is 0.0870. The molecule has 0 aliphatic heterocycles. The lowest BCUT2D eigenvalue weighted by atomic mass is 9.99. The highest BCUT2D eigenvalue weighted by Gasteiger charge is 2.20. The highest BCUT2D eigenvalue weighted by atomic mass is 35.5. The number of ether oxygens (including phenoxy) is 1. The van der Waals surface area contributed by atoms with Crippen molar-refractivity contribution in [3.63, 3.8) is 0 Å². The third kappa shape index (κ3) is 4.94. The molecule has 3 aromatic rings. The zero-order chi connectivity index (χ0) is 19.9. The number of rotatable bonds is 6. The minimum atomic E-state index is -0.403. The van der Waals surface area contributed by atoms with Gasteiger partial charge < -0.3 is 10.1 Å². The Bertz CT molecular complexity index is 966. The van der Waals surface area contributed by atoms with Crippen LogP contribution in [-0.2, 0) is 9.53 Å². The van der Waals surface area contributed by atoms with Gasteiger partial charge in [0.2, 0.25) is 0 Å². The topological polar surface area (TPSA) is 38.3 Å². The Morgan fingerprint density at radius 2 is 1.39 bits per heavy atom. The standard InChI is InChI=1S/C23H19Cl2NO2/c1-2-28-23(27)21(16-6-4-3-5-7-16)22(17-8-10-18(24)11-9-17)26-20-14-12-19(25)13-15-20/h3-15,26H,2H2,1H3/b22-21+. The highest BCUT2D eigenvalue weighted by Crippen LogP contribution is 2.30. The molecule has 0 unspecified atom stereocenters. The molecule has 3 rings (SSSR count). The van der Waals surface area contributed by atoms with Gasteiger partial charge in [-0.3, -0.25) is 0 Å². The predicted molar refractivity (Wildman–Crippen MR) is 116 cm³/mol. The molecule has 0 radical (unpaired) electrons. The molecule has 0 bridgehead atoms. The third-order valence-electron chi connectivity index (χ3n) is 4.04. The Labute approximate surface area is 174 Å². The van der Waals surface area contributed by atoms with E-state index in [1.54, 1.807) is 31.2 Å². The van der Waals surface area contributed by atoms with Gasteiger partial charge in [0.15, 0.2) is 0 Å². The molecular weight excluding hydrogens is 393 g/mol. The maximum Gasteiger partial charge on any atom is 0.340 e. The molecule has 0 saturated heterocycles. The number of esters is 1. The number of hydrogen-bond acceptors (Lipinski definition) is 3. The van der Waals surface area contributed by atoms with E-state index >= 15 is 0 Å². The van der Waals surface area contributed by atoms with Gasteiger partial charge in [-0.25, -0.2) is 4.79 Å². The van der Waals surface area contributed by atoms with Crippen molar-refractivity contribution < 1.29 is 9.53 Å². The first-order chi connectivity index (χ1) is 13.6. The van der Waals surface area contributed by atoms with Crippen molar-refractivity contribution in [3.8, 4) is 0 Å². The molecule has 0 aromatic heterocycles. The molecule has 0 amide bonds. The van der Waals surface area contributed by atoms with Gasteiger partial charge in [-0.2, -0.15) is 0 Å². The predicted octanol–water partition coefficient (Wildman–Crippen LogP) is 6.54. The molecule has 1 N–H and O–H groups in total. The van der Waals surface area contributed by atoms with Crippen LogP contribution in [-0.4, -0.2) is 12.6 Å². The number of nitrogens with one attached hydrogen (secondary N) is 1. The summed E-state index contributed by atoms with van der Waals surface area (Å²) in [4.78, 5) is 12.9. The largest absolute Gasteiger partial charge is 0.462 e. The number of anilines is 1. The van der Waals surface area contributed by atoms with Gasteiger partial charge >= 0.3 is 5.97 Å². The fourth-order valence-corrected chi connectivity index (χ4v) is 3.00. The number of hydrogen-bond donors (Lipinski definition) is 1. The van der Waals surface area contributed by atoms with Gasteiger partial charge in [0, 0.05) is 15.7 Å². The van der Waals surface area contributed by atoms with Gasteiger partial charge in [0.25, 0.3) is 0 Å². The quantitative estimate of drug-likeness (QED) is 0.284. The first-order valence-electron chi connectivity index (χ1n) is 8.84. The minimum absolute atomic E-state index is 0.282. The van der Waals surface area contributed by atoms with Crippen LogP contribution in [0.5, 0.6) is 0 Å². The summed E-state index contributed by atoms with van der Waals surface area (Å²) in [6, 6.07) is 24.0. The van der Waals surface area contributed by atoms with Crippen molar-refractivity contribution in [1.29, 1.82) is 0 Å². The Kier molecular flexibility index (Phi) is 6.75. The van der Waals surface area contributed by atoms with Crippen LogP contribution in [0, 0.1) is 0 Å². The van der Waals surface area contributed by atoms with Gasteiger partial charge in [-0.15, -0.1) is 0 Å². The molecule has 0 spiro atoms. The highest BCUT2D eigenvalue weighted by molar-refractivity contribution is 6.31. The summed E-state index contributed by atoms with van der Waals surface area (Å²) in [5, 5.41) is 4.61. The summed E-state index contributed by atoms with van der Waals surface area (Å²) in [5.74, 6) is -0.403. The lowest BCUT2D eigenvalue weighted by molar-refractivity contribution is -0.136. The zero-order valence-corrected chi connectivity index (χ0v) is 16.8. The van der Waals surface area contributed by atoms with E-state index in [0.717, 1.165) is 16.8 Å². The summed E-state index contributed by atoms with van der Waals surface area (Å²) in [5.41, 5.74) is 3.44. The Hall–Kier alpha value is -2.75. The molecule has 0 fully saturated rings. The molecule has 0 saturated carbocycles. The Morgan fingerprint density at radius 3 is 1.96 bits per heavy atom. The van der Waals surface area contributed by atoms with Gasteiger partial charge in [-0.1, -0.05) is 65.7 Å². The van der Waals surface area contributed by atoms with Crippen LogP contribution in [0.1, 0.15) is 18.1 Å². The monoisotopic (exact) mass is 411 g/mol. The normalized spacial score (nSPS) is 11.5. The molecule has 5 heteroatoms. The first-order valence-corrected chi connectivity index (χ1v) is 9.59. The summed E-state index contributed by atoms with van der Waals surface area (Å²) in [7, 11) is 0. The molecule has 0 aliphatic carbocycles. The van der Waals surface area contributed by atoms with E-state index in [0.29, 0.717) is 21.3 Å². The number of carbonyl (C=O) groups excluding carboxylic acids is 1. The molecule has 3 aromatic carbocycles. The number of benzene rings is 3. The number of carbonyl (C=O) groups is 1. The second kappa shape index (κ2) is 9.45. The van der Waals surface area contributed by atoms with E-state index < -0.39 is 5.97 Å². The van der Waals surface area contributed by atoms with Gasteiger partial charge in [0.05, 0.1) is 17.9 Å². The molecule has 0 aliphatic rings. The van der Waals surface area contributed by atoms with Crippen LogP contribution in [0.25, 0.3) is 11.3 Å². The van der Waals surface area contributed by atoms with Crippen molar-refractivity contribution in [2.75, 3.05) is 11.9 Å². The molecule has 3 nitrogen and oxygen atoms in total. The van der Waals surface area contributed by atoms with Crippen molar-refractivity contribution in [1.82, 2.24) is 0 Å². The average Bonchev–Trinajstić information content (AvgIpc) is 2.71. The molecule has 0 atom stereocenters. The van der Waals surface area contributed by atoms with Crippen LogP contribution in [0.15, 0.2) is 78.9 Å². The van der Waals surface area contributed by atoms with Crippen molar-refractivity contribution in [3.05, 3.63) is 100 Å². The van der Waals surface area contributed by atoms with Crippen LogP contribution in [0.4, 0.5) is 5.69 Å². The second-order valence-corrected chi connectivity index (χ2v) is 6.85. The summed E-state index contributed by atoms with van der Waals surface area (Å²) >= 11 is 12.1. The van der Waals surface area contributed by atoms with Gasteiger partial charge in [0.1, 0.15) is 0 Å². The molecule has 142 valence electrons. The van der Waals surface area contributed by atoms with E-state index in [-0.39, 0.29) is 6.61 Å². The average molecular weight is 412 g/mol. The van der Waals surface area contributed by atoms with Crippen LogP contribution < -0.4 is 5.32 Å². The van der Waals surface area contributed by atoms with Crippen LogP contribution >= 0.6 is 23.2 Å². The zero-order valence-electron chi connectivity index (χ0n) is 15.3. The van der Waals surface area contributed by atoms with Crippen LogP contribution in [0.2, 0.25) is 10.0 Å². The maximum absolute atomic E-state index is 12.9. The van der Waals surface area contributed by atoms with E-state index in [2.05, 4.69) is 5.32 Å². The van der Waals surface area contributed by atoms with Crippen molar-refractivity contribution in [2.45, 2.75) is 6.92 Å². The maximum atomic E-state index is 12.9. The van der Waals surface area contributed by atoms with E-state index in [1.807, 2.05) is 54.6 Å². The smallest absolute Gasteiger partial charge is 0.340 e. The summed E-state index contributed by atoms with van der Waals surface area (Å²) < 4.78 is 5.36. The van der Waals surface area contributed by atoms with Crippen molar-refractivity contribution >= 4 is 46.1 Å². The second-order valence-electron chi connectivity index (χ2n) is 5.98. The lowest BCUT2D eigenvalue weighted by Crippen LogP contribution is -2.13. The van der Waals surface area contributed by atoms with Crippen LogP contribution in [0.3, 0.4) is 0 Å². The minimum Gasteiger partial charge on any atom is -0.462 e.